The summed E-state index contributed by atoms with van der Waals surface area (Å²) in [5, 5.41) is 3.07. The average Bonchev–Trinajstić information content (AvgIpc) is 2.33. The molecule has 1 aliphatic rings. The van der Waals surface area contributed by atoms with Crippen LogP contribution in [0.15, 0.2) is 23.1 Å². The minimum absolute atomic E-state index is 0.211. The third-order valence-corrected chi connectivity index (χ3v) is 4.34. The van der Waals surface area contributed by atoms with Gasteiger partial charge in [-0.3, -0.25) is 0 Å². The van der Waals surface area contributed by atoms with Crippen molar-refractivity contribution in [3.63, 3.8) is 0 Å². The number of piperidine rings is 1. The standard InChI is InChI=1S/C11H14F2N2O2S/c12-10-4-3-9(6-11(10)13)18(16,17)15-8-2-1-5-14-7-8/h3-4,6,8,14-15H,1-2,5,7H2. The average molecular weight is 276 g/mol. The van der Waals surface area contributed by atoms with Gasteiger partial charge in [0.25, 0.3) is 0 Å². The molecule has 1 aromatic carbocycles. The number of hydrogen-bond acceptors (Lipinski definition) is 3. The minimum atomic E-state index is -3.80. The molecule has 4 nitrogen and oxygen atoms in total. The quantitative estimate of drug-likeness (QED) is 0.866. The molecule has 100 valence electrons. The van der Waals surface area contributed by atoms with Crippen molar-refractivity contribution in [1.82, 2.24) is 10.0 Å². The molecule has 1 fully saturated rings. The maximum absolute atomic E-state index is 13.0. The van der Waals surface area contributed by atoms with Crippen molar-refractivity contribution in [2.45, 2.75) is 23.8 Å². The molecule has 2 rings (SSSR count). The Kier molecular flexibility index (Phi) is 3.94. The van der Waals surface area contributed by atoms with Gasteiger partial charge in [0.15, 0.2) is 11.6 Å². The third kappa shape index (κ3) is 3.04. The molecule has 0 aliphatic carbocycles. The van der Waals surface area contributed by atoms with E-state index < -0.39 is 21.7 Å². The molecule has 18 heavy (non-hydrogen) atoms. The van der Waals surface area contributed by atoms with E-state index in [-0.39, 0.29) is 10.9 Å². The number of hydrogen-bond donors (Lipinski definition) is 2. The second kappa shape index (κ2) is 5.29. The Morgan fingerprint density at radius 3 is 2.67 bits per heavy atom. The summed E-state index contributed by atoms with van der Waals surface area (Å²) >= 11 is 0. The Balaban J connectivity index is 2.16. The van der Waals surface area contributed by atoms with E-state index in [0.29, 0.717) is 12.6 Å². The predicted molar refractivity (Wildman–Crippen MR) is 62.6 cm³/mol. The first-order chi connectivity index (χ1) is 8.49. The van der Waals surface area contributed by atoms with Gasteiger partial charge in [-0.15, -0.1) is 0 Å². The first-order valence-electron chi connectivity index (χ1n) is 5.67. The molecule has 2 N–H and O–H groups in total. The number of rotatable bonds is 3. The molecule has 0 saturated carbocycles. The highest BCUT2D eigenvalue weighted by atomic mass is 32.2. The first kappa shape index (κ1) is 13.4. The Morgan fingerprint density at radius 1 is 1.28 bits per heavy atom. The smallest absolute Gasteiger partial charge is 0.240 e. The zero-order chi connectivity index (χ0) is 13.2. The Morgan fingerprint density at radius 2 is 2.06 bits per heavy atom. The summed E-state index contributed by atoms with van der Waals surface area (Å²) in [4.78, 5) is -0.257. The maximum Gasteiger partial charge on any atom is 0.240 e. The second-order valence-electron chi connectivity index (χ2n) is 4.24. The molecule has 1 heterocycles. The van der Waals surface area contributed by atoms with E-state index in [4.69, 9.17) is 0 Å². The van der Waals surface area contributed by atoms with Crippen LogP contribution in [0.4, 0.5) is 8.78 Å². The lowest BCUT2D eigenvalue weighted by Gasteiger charge is -2.23. The monoisotopic (exact) mass is 276 g/mol. The molecule has 7 heteroatoms. The van der Waals surface area contributed by atoms with Gasteiger partial charge in [-0.25, -0.2) is 21.9 Å². The van der Waals surface area contributed by atoms with Gasteiger partial charge in [0.05, 0.1) is 4.90 Å². The summed E-state index contributed by atoms with van der Waals surface area (Å²) in [6.07, 6.45) is 1.61. The SMILES string of the molecule is O=S(=O)(NC1CCCNC1)c1ccc(F)c(F)c1. The molecule has 1 atom stereocenters. The fraction of sp³-hybridized carbons (Fsp3) is 0.455. The Labute approximate surface area is 104 Å². The number of nitrogens with one attached hydrogen (secondary N) is 2. The van der Waals surface area contributed by atoms with E-state index in [1.165, 1.54) is 0 Å². The summed E-state index contributed by atoms with van der Waals surface area (Å²) in [7, 11) is -3.80. The highest BCUT2D eigenvalue weighted by Gasteiger charge is 2.22. The predicted octanol–water partition coefficient (Wildman–Crippen LogP) is 0.995. The van der Waals surface area contributed by atoms with Gasteiger partial charge >= 0.3 is 0 Å². The number of sulfonamides is 1. The van der Waals surface area contributed by atoms with Crippen LogP contribution in [0.2, 0.25) is 0 Å². The normalized spacial score (nSPS) is 20.9. The molecule has 1 aliphatic heterocycles. The van der Waals surface area contributed by atoms with Gasteiger partial charge in [-0.2, -0.15) is 0 Å². The van der Waals surface area contributed by atoms with E-state index in [1.54, 1.807) is 0 Å². The van der Waals surface area contributed by atoms with Gasteiger partial charge < -0.3 is 5.32 Å². The third-order valence-electron chi connectivity index (χ3n) is 2.82. The van der Waals surface area contributed by atoms with E-state index >= 15 is 0 Å². The number of benzene rings is 1. The molecular formula is C11H14F2N2O2S. The van der Waals surface area contributed by atoms with Crippen LogP contribution >= 0.6 is 0 Å². The largest absolute Gasteiger partial charge is 0.315 e. The lowest BCUT2D eigenvalue weighted by Crippen LogP contribution is -2.45. The van der Waals surface area contributed by atoms with Gasteiger partial charge in [0.2, 0.25) is 10.0 Å². The van der Waals surface area contributed by atoms with Crippen LogP contribution in [0, 0.1) is 11.6 Å². The first-order valence-corrected chi connectivity index (χ1v) is 7.15. The molecule has 0 radical (unpaired) electrons. The molecule has 1 aromatic rings. The summed E-state index contributed by atoms with van der Waals surface area (Å²) < 4.78 is 52.1. The Hall–Kier alpha value is -1.05. The lowest BCUT2D eigenvalue weighted by atomic mass is 10.1. The molecule has 0 aromatic heterocycles. The van der Waals surface area contributed by atoms with Crippen molar-refractivity contribution in [2.75, 3.05) is 13.1 Å². The zero-order valence-electron chi connectivity index (χ0n) is 9.62. The van der Waals surface area contributed by atoms with Crippen molar-refractivity contribution in [2.24, 2.45) is 0 Å². The van der Waals surface area contributed by atoms with Crippen LogP contribution in [0.5, 0.6) is 0 Å². The summed E-state index contributed by atoms with van der Waals surface area (Å²) in [5.41, 5.74) is 0. The van der Waals surface area contributed by atoms with Gasteiger partial charge in [0, 0.05) is 12.6 Å². The molecule has 0 bridgehead atoms. The second-order valence-corrected chi connectivity index (χ2v) is 5.95. The van der Waals surface area contributed by atoms with Crippen LogP contribution < -0.4 is 10.0 Å². The van der Waals surface area contributed by atoms with Crippen molar-refractivity contribution in [1.29, 1.82) is 0 Å². The van der Waals surface area contributed by atoms with Crippen LogP contribution in [0.1, 0.15) is 12.8 Å². The molecular weight excluding hydrogens is 262 g/mol. The zero-order valence-corrected chi connectivity index (χ0v) is 10.4. The van der Waals surface area contributed by atoms with E-state index in [9.17, 15) is 17.2 Å². The molecule has 1 unspecified atom stereocenters. The van der Waals surface area contributed by atoms with Gasteiger partial charge in [-0.1, -0.05) is 0 Å². The fourth-order valence-electron chi connectivity index (χ4n) is 1.88. The van der Waals surface area contributed by atoms with Crippen LogP contribution in [-0.4, -0.2) is 27.5 Å². The van der Waals surface area contributed by atoms with Crippen molar-refractivity contribution >= 4 is 10.0 Å². The molecule has 0 amide bonds. The summed E-state index contributed by atoms with van der Waals surface area (Å²) in [5.74, 6) is -2.23. The maximum atomic E-state index is 13.0. The van der Waals surface area contributed by atoms with Gasteiger partial charge in [0.1, 0.15) is 0 Å². The number of halogens is 2. The summed E-state index contributed by atoms with van der Waals surface area (Å²) in [6, 6.07) is 2.34. The van der Waals surface area contributed by atoms with Crippen molar-refractivity contribution in [3.8, 4) is 0 Å². The summed E-state index contributed by atoms with van der Waals surface area (Å²) in [6.45, 7) is 1.41. The van der Waals surface area contributed by atoms with Crippen molar-refractivity contribution in [3.05, 3.63) is 29.8 Å². The van der Waals surface area contributed by atoms with E-state index in [0.717, 1.165) is 31.5 Å². The van der Waals surface area contributed by atoms with E-state index in [2.05, 4.69) is 10.0 Å². The van der Waals surface area contributed by atoms with Crippen molar-refractivity contribution < 1.29 is 17.2 Å². The lowest BCUT2D eigenvalue weighted by molar-refractivity contribution is 0.428. The minimum Gasteiger partial charge on any atom is -0.315 e. The molecule has 1 saturated heterocycles. The Bertz CT molecular complexity index is 528. The fourth-order valence-corrected chi connectivity index (χ4v) is 3.17. The topological polar surface area (TPSA) is 58.2 Å². The van der Waals surface area contributed by atoms with E-state index in [1.807, 2.05) is 0 Å². The molecule has 0 spiro atoms. The van der Waals surface area contributed by atoms with Crippen LogP contribution in [0.25, 0.3) is 0 Å². The van der Waals surface area contributed by atoms with Gasteiger partial charge in [-0.05, 0) is 37.6 Å². The highest BCUT2D eigenvalue weighted by Crippen LogP contribution is 2.15. The van der Waals surface area contributed by atoms with Crippen LogP contribution in [0.3, 0.4) is 0 Å². The highest BCUT2D eigenvalue weighted by molar-refractivity contribution is 7.89. The van der Waals surface area contributed by atoms with Crippen LogP contribution in [-0.2, 0) is 10.0 Å².